The van der Waals surface area contributed by atoms with Crippen molar-refractivity contribution in [2.24, 2.45) is 0 Å². The van der Waals surface area contributed by atoms with Gasteiger partial charge in [0.1, 0.15) is 23.1 Å². The Morgan fingerprint density at radius 1 is 1.07 bits per heavy atom. The molecule has 0 aliphatic carbocycles. The molecule has 4 aromatic rings. The van der Waals surface area contributed by atoms with Gasteiger partial charge < -0.3 is 20.0 Å². The lowest BCUT2D eigenvalue weighted by atomic mass is 10.0. The van der Waals surface area contributed by atoms with Crippen LogP contribution in [0.1, 0.15) is 44.9 Å². The van der Waals surface area contributed by atoms with Gasteiger partial charge >= 0.3 is 11.8 Å². The predicted molar refractivity (Wildman–Crippen MR) is 150 cm³/mol. The molecular weight excluding hydrogens is 534 g/mol. The van der Waals surface area contributed by atoms with Gasteiger partial charge in [0, 0.05) is 31.4 Å². The number of aryl methyl sites for hydroxylation is 1. The number of piperazine rings is 1. The standard InChI is InChI=1S/C29H30F2N6O4/c1-14(2)23-25(15(3)9-10-32-23)37-27-18(11-20(31)24(33-27)22-19(30)7-6-8-21(22)38)26(34-28(37)39)35-12-17(5)36(29(40)41)13-16(35)4/h6-11,14,16-17,38H,12-13H2,1-5H3,(H,40,41). The Balaban J connectivity index is 1.87. The third-order valence-corrected chi connectivity index (χ3v) is 7.46. The number of aromatic nitrogens is 4. The fraction of sp³-hybridized carbons (Fsp3) is 0.345. The van der Waals surface area contributed by atoms with E-state index in [4.69, 9.17) is 0 Å². The average Bonchev–Trinajstić information content (AvgIpc) is 2.90. The van der Waals surface area contributed by atoms with Crippen LogP contribution in [-0.4, -0.2) is 65.9 Å². The number of halogens is 2. The fourth-order valence-corrected chi connectivity index (χ4v) is 5.42. The maximum absolute atomic E-state index is 15.8. The van der Waals surface area contributed by atoms with Crippen molar-refractivity contribution in [3.05, 3.63) is 69.9 Å². The lowest BCUT2D eigenvalue weighted by Crippen LogP contribution is -2.58. The number of fused-ring (bicyclic) bond motifs is 1. The fourth-order valence-electron chi connectivity index (χ4n) is 5.42. The second kappa shape index (κ2) is 10.4. The number of hydrogen-bond donors (Lipinski definition) is 2. The maximum atomic E-state index is 15.8. The zero-order chi connectivity index (χ0) is 29.7. The molecule has 1 saturated heterocycles. The molecule has 0 saturated carbocycles. The molecule has 3 aromatic heterocycles. The number of amides is 1. The Labute approximate surface area is 234 Å². The number of nitrogens with zero attached hydrogens (tertiary/aromatic N) is 6. The Bertz CT molecular complexity index is 1720. The van der Waals surface area contributed by atoms with Crippen LogP contribution in [0, 0.1) is 18.6 Å². The number of carbonyl (C=O) groups is 1. The zero-order valence-corrected chi connectivity index (χ0v) is 23.3. The van der Waals surface area contributed by atoms with Crippen molar-refractivity contribution in [3.8, 4) is 22.7 Å². The molecule has 1 aromatic carbocycles. The van der Waals surface area contributed by atoms with Gasteiger partial charge in [-0.1, -0.05) is 19.9 Å². The molecule has 0 spiro atoms. The minimum absolute atomic E-state index is 0.00225. The van der Waals surface area contributed by atoms with Crippen molar-refractivity contribution >= 4 is 22.9 Å². The van der Waals surface area contributed by atoms with E-state index in [1.807, 2.05) is 13.8 Å². The second-order valence-electron chi connectivity index (χ2n) is 10.7. The lowest BCUT2D eigenvalue weighted by Gasteiger charge is -2.43. The average molecular weight is 565 g/mol. The van der Waals surface area contributed by atoms with E-state index >= 15 is 4.39 Å². The summed E-state index contributed by atoms with van der Waals surface area (Å²) in [6.45, 7) is 9.50. The first-order chi connectivity index (χ1) is 19.4. The number of pyridine rings is 2. The summed E-state index contributed by atoms with van der Waals surface area (Å²) >= 11 is 0. The van der Waals surface area contributed by atoms with Crippen LogP contribution in [0.25, 0.3) is 28.0 Å². The normalized spacial score (nSPS) is 17.5. The largest absolute Gasteiger partial charge is 0.507 e. The number of hydrogen-bond acceptors (Lipinski definition) is 7. The number of phenolic OH excluding ortho intramolecular Hbond substituents is 1. The Morgan fingerprint density at radius 3 is 2.46 bits per heavy atom. The van der Waals surface area contributed by atoms with Gasteiger partial charge in [-0.2, -0.15) is 4.98 Å². The zero-order valence-electron chi connectivity index (χ0n) is 23.3. The van der Waals surface area contributed by atoms with Crippen molar-refractivity contribution in [3.63, 3.8) is 0 Å². The van der Waals surface area contributed by atoms with E-state index in [2.05, 4.69) is 15.0 Å². The molecule has 2 unspecified atom stereocenters. The highest BCUT2D eigenvalue weighted by atomic mass is 19.1. The number of phenols is 1. The van der Waals surface area contributed by atoms with Crippen molar-refractivity contribution in [2.45, 2.75) is 52.6 Å². The predicted octanol–water partition coefficient (Wildman–Crippen LogP) is 4.84. The topological polar surface area (TPSA) is 125 Å². The van der Waals surface area contributed by atoms with E-state index in [0.29, 0.717) is 16.9 Å². The summed E-state index contributed by atoms with van der Waals surface area (Å²) in [6, 6.07) is 5.61. The van der Waals surface area contributed by atoms with Crippen molar-refractivity contribution in [2.75, 3.05) is 18.0 Å². The summed E-state index contributed by atoms with van der Waals surface area (Å²) in [6.07, 6.45) is 0.567. The van der Waals surface area contributed by atoms with Gasteiger partial charge in [0.25, 0.3) is 0 Å². The smallest absolute Gasteiger partial charge is 0.407 e. The molecule has 214 valence electrons. The van der Waals surface area contributed by atoms with Crippen LogP contribution in [0.15, 0.2) is 41.3 Å². The number of benzene rings is 1. The summed E-state index contributed by atoms with van der Waals surface area (Å²) < 4.78 is 32.0. The minimum Gasteiger partial charge on any atom is -0.507 e. The molecule has 2 N–H and O–H groups in total. The molecule has 1 aliphatic rings. The molecule has 10 nitrogen and oxygen atoms in total. The third-order valence-electron chi connectivity index (χ3n) is 7.46. The highest BCUT2D eigenvalue weighted by Crippen LogP contribution is 2.37. The first-order valence-corrected chi connectivity index (χ1v) is 13.2. The molecule has 0 bridgehead atoms. The molecule has 4 heterocycles. The molecule has 12 heteroatoms. The van der Waals surface area contributed by atoms with Gasteiger partial charge in [0.15, 0.2) is 11.5 Å². The molecule has 2 atom stereocenters. The van der Waals surface area contributed by atoms with Crippen LogP contribution in [-0.2, 0) is 0 Å². The summed E-state index contributed by atoms with van der Waals surface area (Å²) in [5, 5.41) is 20.2. The second-order valence-corrected chi connectivity index (χ2v) is 10.7. The molecule has 1 amide bonds. The van der Waals surface area contributed by atoms with Gasteiger partial charge in [-0.25, -0.2) is 27.9 Å². The molecular formula is C29H30F2N6O4. The Morgan fingerprint density at radius 2 is 1.80 bits per heavy atom. The summed E-state index contributed by atoms with van der Waals surface area (Å²) in [4.78, 5) is 42.0. The third kappa shape index (κ3) is 4.72. The van der Waals surface area contributed by atoms with E-state index < -0.39 is 52.5 Å². The van der Waals surface area contributed by atoms with E-state index in [1.54, 1.807) is 37.9 Å². The number of rotatable bonds is 4. The highest BCUT2D eigenvalue weighted by Gasteiger charge is 2.35. The van der Waals surface area contributed by atoms with E-state index in [0.717, 1.165) is 12.1 Å². The van der Waals surface area contributed by atoms with Crippen molar-refractivity contribution in [1.29, 1.82) is 0 Å². The Kier molecular flexibility index (Phi) is 7.10. The first-order valence-electron chi connectivity index (χ1n) is 13.2. The van der Waals surface area contributed by atoms with Gasteiger partial charge in [0.2, 0.25) is 0 Å². The molecule has 1 aliphatic heterocycles. The molecule has 41 heavy (non-hydrogen) atoms. The van der Waals surface area contributed by atoms with E-state index in [1.165, 1.54) is 21.6 Å². The number of carboxylic acid groups (broad SMARTS) is 1. The van der Waals surface area contributed by atoms with Crippen LogP contribution < -0.4 is 10.6 Å². The molecule has 5 rings (SSSR count). The van der Waals surface area contributed by atoms with Gasteiger partial charge in [-0.05, 0) is 56.5 Å². The monoisotopic (exact) mass is 564 g/mol. The highest BCUT2D eigenvalue weighted by molar-refractivity contribution is 5.91. The maximum Gasteiger partial charge on any atom is 0.407 e. The van der Waals surface area contributed by atoms with Crippen molar-refractivity contribution in [1.82, 2.24) is 24.4 Å². The SMILES string of the molecule is Cc1ccnc(C(C)C)c1-n1c(=O)nc(N2CC(C)N(C(=O)O)CC2C)c2cc(F)c(-c3c(O)cccc3F)nc21. The van der Waals surface area contributed by atoms with Gasteiger partial charge in [0.05, 0.1) is 22.3 Å². The summed E-state index contributed by atoms with van der Waals surface area (Å²) in [5.41, 5.74) is 0.0842. The van der Waals surface area contributed by atoms with Crippen LogP contribution in [0.3, 0.4) is 0 Å². The van der Waals surface area contributed by atoms with Gasteiger partial charge in [-0.15, -0.1) is 0 Å². The summed E-state index contributed by atoms with van der Waals surface area (Å²) in [7, 11) is 0. The van der Waals surface area contributed by atoms with Crippen molar-refractivity contribution < 1.29 is 23.8 Å². The lowest BCUT2D eigenvalue weighted by molar-refractivity contribution is 0.114. The molecule has 0 radical (unpaired) electrons. The van der Waals surface area contributed by atoms with Crippen LogP contribution >= 0.6 is 0 Å². The van der Waals surface area contributed by atoms with E-state index in [9.17, 15) is 24.2 Å². The van der Waals surface area contributed by atoms with Gasteiger partial charge in [-0.3, -0.25) is 4.98 Å². The van der Waals surface area contributed by atoms with Crippen LogP contribution in [0.2, 0.25) is 0 Å². The number of aromatic hydroxyl groups is 1. The quantitative estimate of drug-likeness (QED) is 0.361. The van der Waals surface area contributed by atoms with E-state index in [-0.39, 0.29) is 35.9 Å². The first kappa shape index (κ1) is 27.9. The van der Waals surface area contributed by atoms with Crippen LogP contribution in [0.4, 0.5) is 19.4 Å². The minimum atomic E-state index is -1.06. The van der Waals surface area contributed by atoms with Crippen LogP contribution in [0.5, 0.6) is 5.75 Å². The Hall–Kier alpha value is -4.61. The summed E-state index contributed by atoms with van der Waals surface area (Å²) in [5.74, 6) is -2.29. The molecule has 1 fully saturated rings. The number of anilines is 1.